The van der Waals surface area contributed by atoms with Crippen molar-refractivity contribution < 1.29 is 22.3 Å². The Morgan fingerprint density at radius 1 is 1.00 bits per heavy atom. The van der Waals surface area contributed by atoms with Gasteiger partial charge in [0.1, 0.15) is 24.2 Å². The smallest absolute Gasteiger partial charge is 0.243 e. The number of nitrogens with zero attached hydrogens (tertiary/aromatic N) is 1. The molecule has 4 rings (SSSR count). The van der Waals surface area contributed by atoms with Crippen LogP contribution in [0, 0.1) is 5.82 Å². The molecule has 0 radical (unpaired) electrons. The van der Waals surface area contributed by atoms with Crippen molar-refractivity contribution >= 4 is 15.9 Å². The van der Waals surface area contributed by atoms with E-state index in [2.05, 4.69) is 5.32 Å². The van der Waals surface area contributed by atoms with Crippen LogP contribution in [0.5, 0.6) is 5.75 Å². The van der Waals surface area contributed by atoms with Crippen LogP contribution in [0.3, 0.4) is 0 Å². The number of rotatable bonds is 8. The molecule has 0 unspecified atom stereocenters. The molecule has 0 spiro atoms. The largest absolute Gasteiger partial charge is 0.489 e. The highest BCUT2D eigenvalue weighted by Gasteiger charge is 2.39. The maximum Gasteiger partial charge on any atom is 0.243 e. The third-order valence-electron chi connectivity index (χ3n) is 5.54. The van der Waals surface area contributed by atoms with Crippen molar-refractivity contribution in [1.82, 2.24) is 9.62 Å². The van der Waals surface area contributed by atoms with Gasteiger partial charge in [-0.15, -0.1) is 0 Å². The fourth-order valence-electron chi connectivity index (χ4n) is 3.82. The Kier molecular flexibility index (Phi) is 7.05. The van der Waals surface area contributed by atoms with Crippen LogP contribution >= 0.6 is 0 Å². The van der Waals surface area contributed by atoms with Crippen molar-refractivity contribution in [2.24, 2.45) is 0 Å². The molecule has 172 valence electrons. The van der Waals surface area contributed by atoms with E-state index in [9.17, 15) is 17.6 Å². The summed E-state index contributed by atoms with van der Waals surface area (Å²) in [5.41, 5.74) is 1.90. The Morgan fingerprint density at radius 2 is 1.73 bits per heavy atom. The molecule has 3 aromatic carbocycles. The van der Waals surface area contributed by atoms with E-state index in [-0.39, 0.29) is 23.9 Å². The van der Waals surface area contributed by atoms with E-state index in [4.69, 9.17) is 4.74 Å². The summed E-state index contributed by atoms with van der Waals surface area (Å²) < 4.78 is 46.2. The minimum atomic E-state index is -3.89. The third-order valence-corrected chi connectivity index (χ3v) is 7.46. The SMILES string of the molecule is O=C(NCc1cccc(OCc2ccccc2)c1)[C@@H]1CCCN1S(=O)(=O)c1ccc(F)cc1. The molecule has 6 nitrogen and oxygen atoms in total. The monoisotopic (exact) mass is 468 g/mol. The van der Waals surface area contributed by atoms with Crippen LogP contribution in [0.1, 0.15) is 24.0 Å². The van der Waals surface area contributed by atoms with Crippen molar-refractivity contribution in [3.63, 3.8) is 0 Å². The first-order valence-electron chi connectivity index (χ1n) is 10.7. The lowest BCUT2D eigenvalue weighted by molar-refractivity contribution is -0.124. The van der Waals surface area contributed by atoms with Gasteiger partial charge in [0.05, 0.1) is 4.90 Å². The van der Waals surface area contributed by atoms with Crippen molar-refractivity contribution in [3.8, 4) is 5.75 Å². The van der Waals surface area contributed by atoms with Gasteiger partial charge in [0, 0.05) is 13.1 Å². The zero-order valence-corrected chi connectivity index (χ0v) is 18.8. The highest BCUT2D eigenvalue weighted by atomic mass is 32.2. The Labute approximate surface area is 193 Å². The molecule has 0 aromatic heterocycles. The van der Waals surface area contributed by atoms with Crippen molar-refractivity contribution in [3.05, 3.63) is 95.8 Å². The van der Waals surface area contributed by atoms with Crippen LogP contribution in [0.15, 0.2) is 83.8 Å². The first kappa shape index (κ1) is 22.9. The first-order chi connectivity index (χ1) is 15.9. The zero-order valence-electron chi connectivity index (χ0n) is 18.0. The number of ether oxygens (including phenoxy) is 1. The van der Waals surface area contributed by atoms with Gasteiger partial charge in [-0.1, -0.05) is 42.5 Å². The number of carbonyl (C=O) groups is 1. The molecule has 1 heterocycles. The van der Waals surface area contributed by atoms with Crippen LogP contribution in [-0.4, -0.2) is 31.2 Å². The van der Waals surface area contributed by atoms with Gasteiger partial charge in [0.15, 0.2) is 0 Å². The Morgan fingerprint density at radius 3 is 2.48 bits per heavy atom. The topological polar surface area (TPSA) is 75.7 Å². The van der Waals surface area contributed by atoms with E-state index in [1.165, 1.54) is 16.4 Å². The van der Waals surface area contributed by atoms with Gasteiger partial charge in [-0.3, -0.25) is 4.79 Å². The summed E-state index contributed by atoms with van der Waals surface area (Å²) in [6, 6.07) is 21.1. The third kappa shape index (κ3) is 5.58. The second kappa shape index (κ2) is 10.1. The van der Waals surface area contributed by atoms with Crippen LogP contribution < -0.4 is 10.1 Å². The molecule has 1 aliphatic heterocycles. The second-order valence-corrected chi connectivity index (χ2v) is 9.76. The summed E-state index contributed by atoms with van der Waals surface area (Å²) in [5, 5.41) is 2.84. The molecule has 1 atom stereocenters. The minimum absolute atomic E-state index is 0.0214. The average molecular weight is 469 g/mol. The van der Waals surface area contributed by atoms with Gasteiger partial charge in [0.25, 0.3) is 0 Å². The summed E-state index contributed by atoms with van der Waals surface area (Å²) >= 11 is 0. The van der Waals surface area contributed by atoms with Gasteiger partial charge in [0.2, 0.25) is 15.9 Å². The zero-order chi connectivity index (χ0) is 23.3. The molecule has 3 aromatic rings. The maximum atomic E-state index is 13.2. The number of sulfonamides is 1. The number of carbonyl (C=O) groups excluding carboxylic acids is 1. The molecule has 0 saturated carbocycles. The maximum absolute atomic E-state index is 13.2. The highest BCUT2D eigenvalue weighted by Crippen LogP contribution is 2.26. The molecular formula is C25H25FN2O4S. The molecule has 1 saturated heterocycles. The molecule has 1 fully saturated rings. The number of benzene rings is 3. The molecule has 1 aliphatic rings. The van der Waals surface area contributed by atoms with Crippen LogP contribution in [0.25, 0.3) is 0 Å². The van der Waals surface area contributed by atoms with E-state index < -0.39 is 21.9 Å². The quantitative estimate of drug-likeness (QED) is 0.545. The van der Waals surface area contributed by atoms with E-state index in [0.29, 0.717) is 25.2 Å². The standard InChI is InChI=1S/C25H25FN2O4S/c26-21-11-13-23(14-12-21)33(30,31)28-15-5-10-24(28)25(29)27-17-20-8-4-9-22(16-20)32-18-19-6-2-1-3-7-19/h1-4,6-9,11-14,16,24H,5,10,15,17-18H2,(H,27,29)/t24-/m0/s1. The van der Waals surface area contributed by atoms with Crippen molar-refractivity contribution in [1.29, 1.82) is 0 Å². The number of nitrogens with one attached hydrogen (secondary N) is 1. The summed E-state index contributed by atoms with van der Waals surface area (Å²) in [5.74, 6) is -0.180. The number of hydrogen-bond acceptors (Lipinski definition) is 4. The molecule has 8 heteroatoms. The van der Waals surface area contributed by atoms with E-state index in [1.807, 2.05) is 54.6 Å². The normalized spacial score (nSPS) is 16.5. The van der Waals surface area contributed by atoms with Crippen molar-refractivity contribution in [2.45, 2.75) is 36.9 Å². The number of halogens is 1. The lowest BCUT2D eigenvalue weighted by atomic mass is 10.2. The lowest BCUT2D eigenvalue weighted by Gasteiger charge is -2.23. The summed E-state index contributed by atoms with van der Waals surface area (Å²) in [7, 11) is -3.89. The predicted molar refractivity (Wildman–Crippen MR) is 122 cm³/mol. The van der Waals surface area contributed by atoms with Gasteiger partial charge >= 0.3 is 0 Å². The molecule has 0 aliphatic carbocycles. The fourth-order valence-corrected chi connectivity index (χ4v) is 5.48. The summed E-state index contributed by atoms with van der Waals surface area (Å²) in [4.78, 5) is 12.8. The first-order valence-corrected chi connectivity index (χ1v) is 12.2. The minimum Gasteiger partial charge on any atom is -0.489 e. The van der Waals surface area contributed by atoms with Crippen LogP contribution in [-0.2, 0) is 28.0 Å². The highest BCUT2D eigenvalue weighted by molar-refractivity contribution is 7.89. The van der Waals surface area contributed by atoms with Crippen molar-refractivity contribution in [2.75, 3.05) is 6.54 Å². The van der Waals surface area contributed by atoms with E-state index in [0.717, 1.165) is 23.3 Å². The lowest BCUT2D eigenvalue weighted by Crippen LogP contribution is -2.45. The molecule has 0 bridgehead atoms. The molecular weight excluding hydrogens is 443 g/mol. The Balaban J connectivity index is 1.37. The summed E-state index contributed by atoms with van der Waals surface area (Å²) in [6.45, 7) is 0.942. The predicted octanol–water partition coefficient (Wildman–Crippen LogP) is 3.87. The summed E-state index contributed by atoms with van der Waals surface area (Å²) in [6.07, 6.45) is 1.02. The van der Waals surface area contributed by atoms with Crippen LogP contribution in [0.4, 0.5) is 4.39 Å². The van der Waals surface area contributed by atoms with Gasteiger partial charge < -0.3 is 10.1 Å². The van der Waals surface area contributed by atoms with Gasteiger partial charge in [-0.05, 0) is 60.4 Å². The molecule has 1 amide bonds. The Hall–Kier alpha value is -3.23. The van der Waals surface area contributed by atoms with Gasteiger partial charge in [-0.25, -0.2) is 12.8 Å². The average Bonchev–Trinajstić information content (AvgIpc) is 3.34. The molecule has 1 N–H and O–H groups in total. The molecule has 33 heavy (non-hydrogen) atoms. The van der Waals surface area contributed by atoms with Crippen LogP contribution in [0.2, 0.25) is 0 Å². The van der Waals surface area contributed by atoms with Gasteiger partial charge in [-0.2, -0.15) is 4.31 Å². The number of amides is 1. The van der Waals surface area contributed by atoms with E-state index >= 15 is 0 Å². The number of hydrogen-bond donors (Lipinski definition) is 1. The van der Waals surface area contributed by atoms with E-state index in [1.54, 1.807) is 0 Å². The fraction of sp³-hybridized carbons (Fsp3) is 0.240. The second-order valence-electron chi connectivity index (χ2n) is 7.87. The Bertz CT molecular complexity index is 1200.